The first kappa shape index (κ1) is 11.6. The molecule has 0 bridgehead atoms. The zero-order valence-corrected chi connectivity index (χ0v) is 12.1. The van der Waals surface area contributed by atoms with Gasteiger partial charge in [0.1, 0.15) is 11.2 Å². The molecule has 20 heavy (non-hydrogen) atoms. The van der Waals surface area contributed by atoms with E-state index in [1.165, 1.54) is 15.8 Å². The van der Waals surface area contributed by atoms with Crippen molar-refractivity contribution in [1.82, 2.24) is 15.0 Å². The van der Waals surface area contributed by atoms with Gasteiger partial charge in [-0.3, -0.25) is 0 Å². The van der Waals surface area contributed by atoms with Crippen LogP contribution in [0.2, 0.25) is 0 Å². The first-order valence-corrected chi connectivity index (χ1v) is 7.33. The average Bonchev–Trinajstić information content (AvgIpc) is 3.00. The van der Waals surface area contributed by atoms with Gasteiger partial charge in [-0.1, -0.05) is 11.6 Å². The zero-order valence-electron chi connectivity index (χ0n) is 11.3. The molecule has 0 fully saturated rings. The number of rotatable bonds is 1. The summed E-state index contributed by atoms with van der Waals surface area (Å²) >= 11 is 1.71. The minimum absolute atomic E-state index is 1.01. The number of hydrogen-bond acceptors (Lipinski definition) is 3. The van der Waals surface area contributed by atoms with Crippen LogP contribution in [0.3, 0.4) is 0 Å². The molecule has 0 aliphatic rings. The Morgan fingerprint density at radius 3 is 2.85 bits per heavy atom. The smallest absolute Gasteiger partial charge is 0.127 e. The third kappa shape index (κ3) is 1.65. The lowest BCUT2D eigenvalue weighted by Crippen LogP contribution is -1.85. The van der Waals surface area contributed by atoms with Crippen LogP contribution in [0.4, 0.5) is 0 Å². The van der Waals surface area contributed by atoms with Crippen molar-refractivity contribution in [2.45, 2.75) is 13.8 Å². The summed E-state index contributed by atoms with van der Waals surface area (Å²) < 4.78 is 0. The standard InChI is InChI=1S/C16H13N3S/c1-9-3-4-14-11(5-9)13(7-17-14)15-12-6-10(2)20-16(12)19-8-18-15/h3-8,17H,1-2H3. The molecule has 4 heteroatoms. The van der Waals surface area contributed by atoms with Gasteiger partial charge in [-0.2, -0.15) is 0 Å². The number of hydrogen-bond donors (Lipinski definition) is 1. The predicted molar refractivity (Wildman–Crippen MR) is 84.2 cm³/mol. The van der Waals surface area contributed by atoms with Gasteiger partial charge in [0, 0.05) is 32.9 Å². The molecule has 1 aromatic carbocycles. The Morgan fingerprint density at radius 2 is 1.95 bits per heavy atom. The average molecular weight is 279 g/mol. The van der Waals surface area contributed by atoms with E-state index in [-0.39, 0.29) is 0 Å². The Labute approximate surface area is 120 Å². The van der Waals surface area contributed by atoms with Crippen molar-refractivity contribution >= 4 is 32.5 Å². The van der Waals surface area contributed by atoms with Gasteiger partial charge in [0.2, 0.25) is 0 Å². The molecule has 1 N–H and O–H groups in total. The van der Waals surface area contributed by atoms with Crippen LogP contribution in [-0.2, 0) is 0 Å². The van der Waals surface area contributed by atoms with E-state index in [9.17, 15) is 0 Å². The first-order valence-electron chi connectivity index (χ1n) is 6.51. The second-order valence-corrected chi connectivity index (χ2v) is 6.28. The van der Waals surface area contributed by atoms with Crippen molar-refractivity contribution in [2.24, 2.45) is 0 Å². The van der Waals surface area contributed by atoms with Crippen LogP contribution in [0.1, 0.15) is 10.4 Å². The summed E-state index contributed by atoms with van der Waals surface area (Å²) in [6.07, 6.45) is 3.70. The molecule has 4 aromatic rings. The van der Waals surface area contributed by atoms with E-state index in [1.807, 2.05) is 6.20 Å². The van der Waals surface area contributed by atoms with E-state index in [4.69, 9.17) is 0 Å². The van der Waals surface area contributed by atoms with Crippen LogP contribution in [0.5, 0.6) is 0 Å². The van der Waals surface area contributed by atoms with Crippen molar-refractivity contribution in [2.75, 3.05) is 0 Å². The molecule has 0 saturated carbocycles. The quantitative estimate of drug-likeness (QED) is 0.559. The number of aromatic amines is 1. The number of nitrogens with one attached hydrogen (secondary N) is 1. The molecule has 0 aliphatic heterocycles. The van der Waals surface area contributed by atoms with Crippen LogP contribution in [0, 0.1) is 13.8 Å². The first-order chi connectivity index (χ1) is 9.72. The van der Waals surface area contributed by atoms with E-state index in [1.54, 1.807) is 17.7 Å². The van der Waals surface area contributed by atoms with Gasteiger partial charge >= 0.3 is 0 Å². The van der Waals surface area contributed by atoms with Crippen molar-refractivity contribution in [3.05, 3.63) is 47.2 Å². The molecule has 98 valence electrons. The van der Waals surface area contributed by atoms with E-state index in [2.05, 4.69) is 53.1 Å². The number of aromatic nitrogens is 3. The molecule has 0 aliphatic carbocycles. The number of fused-ring (bicyclic) bond motifs is 2. The van der Waals surface area contributed by atoms with Crippen LogP contribution < -0.4 is 0 Å². The van der Waals surface area contributed by atoms with E-state index >= 15 is 0 Å². The monoisotopic (exact) mass is 279 g/mol. The fraction of sp³-hybridized carbons (Fsp3) is 0.125. The predicted octanol–water partition coefficient (Wildman–Crippen LogP) is 4.46. The molecule has 0 radical (unpaired) electrons. The number of benzene rings is 1. The summed E-state index contributed by atoms with van der Waals surface area (Å²) in [6, 6.07) is 8.61. The second kappa shape index (κ2) is 4.15. The van der Waals surface area contributed by atoms with Crippen molar-refractivity contribution in [3.8, 4) is 11.3 Å². The van der Waals surface area contributed by atoms with E-state index < -0.39 is 0 Å². The highest BCUT2D eigenvalue weighted by molar-refractivity contribution is 7.18. The second-order valence-electron chi connectivity index (χ2n) is 5.05. The summed E-state index contributed by atoms with van der Waals surface area (Å²) in [6.45, 7) is 4.22. The third-order valence-corrected chi connectivity index (χ3v) is 4.50. The largest absolute Gasteiger partial charge is 0.360 e. The summed E-state index contributed by atoms with van der Waals surface area (Å²) in [5.41, 5.74) is 4.56. The van der Waals surface area contributed by atoms with Crippen LogP contribution in [0.15, 0.2) is 36.8 Å². The van der Waals surface area contributed by atoms with Crippen LogP contribution in [0.25, 0.3) is 32.4 Å². The van der Waals surface area contributed by atoms with Gasteiger partial charge in [-0.05, 0) is 32.0 Å². The van der Waals surface area contributed by atoms with E-state index in [0.29, 0.717) is 0 Å². The van der Waals surface area contributed by atoms with Gasteiger partial charge in [0.05, 0.1) is 5.69 Å². The number of thiophene rings is 1. The summed E-state index contributed by atoms with van der Waals surface area (Å²) in [5.74, 6) is 0. The van der Waals surface area contributed by atoms with Crippen LogP contribution in [-0.4, -0.2) is 15.0 Å². The van der Waals surface area contributed by atoms with Gasteiger partial charge in [0.25, 0.3) is 0 Å². The highest BCUT2D eigenvalue weighted by Crippen LogP contribution is 2.34. The molecule has 3 nitrogen and oxygen atoms in total. The maximum atomic E-state index is 4.52. The lowest BCUT2D eigenvalue weighted by atomic mass is 10.1. The number of aryl methyl sites for hydroxylation is 2. The zero-order chi connectivity index (χ0) is 13.7. The highest BCUT2D eigenvalue weighted by Gasteiger charge is 2.13. The topological polar surface area (TPSA) is 41.6 Å². The fourth-order valence-corrected chi connectivity index (χ4v) is 3.47. The maximum absolute atomic E-state index is 4.52. The molecular weight excluding hydrogens is 266 g/mol. The normalized spacial score (nSPS) is 11.5. The Balaban J connectivity index is 2.08. The Hall–Kier alpha value is -2.20. The van der Waals surface area contributed by atoms with Crippen LogP contribution >= 0.6 is 11.3 Å². The molecule has 4 rings (SSSR count). The summed E-state index contributed by atoms with van der Waals surface area (Å²) in [4.78, 5) is 14.5. The fourth-order valence-electron chi connectivity index (χ4n) is 2.62. The Kier molecular flexibility index (Phi) is 2.41. The molecule has 0 amide bonds. The SMILES string of the molecule is Cc1ccc2[nH]cc(-c3ncnc4sc(C)cc34)c2c1. The van der Waals surface area contributed by atoms with Crippen molar-refractivity contribution in [1.29, 1.82) is 0 Å². The Bertz CT molecular complexity index is 933. The van der Waals surface area contributed by atoms with Gasteiger partial charge in [-0.25, -0.2) is 9.97 Å². The molecule has 3 heterocycles. The van der Waals surface area contributed by atoms with Crippen molar-refractivity contribution < 1.29 is 0 Å². The lowest BCUT2D eigenvalue weighted by Gasteiger charge is -2.01. The third-order valence-electron chi connectivity index (χ3n) is 3.54. The lowest BCUT2D eigenvalue weighted by molar-refractivity contribution is 1.24. The van der Waals surface area contributed by atoms with E-state index in [0.717, 1.165) is 27.0 Å². The molecule has 3 aromatic heterocycles. The van der Waals surface area contributed by atoms with Gasteiger partial charge in [-0.15, -0.1) is 11.3 Å². The highest BCUT2D eigenvalue weighted by atomic mass is 32.1. The summed E-state index contributed by atoms with van der Waals surface area (Å²) in [5, 5.41) is 2.35. The molecule has 0 atom stereocenters. The number of H-pyrrole nitrogens is 1. The van der Waals surface area contributed by atoms with Gasteiger partial charge in [0.15, 0.2) is 0 Å². The van der Waals surface area contributed by atoms with Gasteiger partial charge < -0.3 is 4.98 Å². The molecular formula is C16H13N3S. The number of nitrogens with zero attached hydrogens (tertiary/aromatic N) is 2. The Morgan fingerprint density at radius 1 is 1.05 bits per heavy atom. The minimum Gasteiger partial charge on any atom is -0.360 e. The molecule has 0 unspecified atom stereocenters. The molecule has 0 spiro atoms. The maximum Gasteiger partial charge on any atom is 0.127 e. The minimum atomic E-state index is 1.01. The summed E-state index contributed by atoms with van der Waals surface area (Å²) in [7, 11) is 0. The molecule has 0 saturated heterocycles. The van der Waals surface area contributed by atoms with Crippen molar-refractivity contribution in [3.63, 3.8) is 0 Å².